The summed E-state index contributed by atoms with van der Waals surface area (Å²) in [6.45, 7) is 10.5. The molecule has 1 saturated carbocycles. The fourth-order valence-corrected chi connectivity index (χ4v) is 6.02. The van der Waals surface area contributed by atoms with Crippen LogP contribution in [0, 0.1) is 23.2 Å². The maximum Gasteiger partial charge on any atom is 0.326 e. The highest BCUT2D eigenvalue weighted by molar-refractivity contribution is 5.93. The Balaban J connectivity index is 1.87. The van der Waals surface area contributed by atoms with Gasteiger partial charge in [-0.05, 0) is 63.7 Å². The molecule has 2 aliphatic carbocycles. The van der Waals surface area contributed by atoms with E-state index in [-0.39, 0.29) is 36.1 Å². The van der Waals surface area contributed by atoms with E-state index in [9.17, 15) is 19.5 Å². The first kappa shape index (κ1) is 21.8. The van der Waals surface area contributed by atoms with Crippen molar-refractivity contribution in [3.63, 3.8) is 0 Å². The van der Waals surface area contributed by atoms with Crippen LogP contribution in [0.4, 0.5) is 0 Å². The average molecular weight is 405 g/mol. The monoisotopic (exact) mass is 404 g/mol. The Morgan fingerprint density at radius 2 is 1.90 bits per heavy atom. The van der Waals surface area contributed by atoms with Crippen molar-refractivity contribution in [3.8, 4) is 0 Å². The first-order valence-electron chi connectivity index (χ1n) is 11.1. The van der Waals surface area contributed by atoms with E-state index in [1.165, 1.54) is 10.5 Å². The number of carboxylic acid groups (broad SMARTS) is 1. The second-order valence-corrected chi connectivity index (χ2v) is 9.85. The fourth-order valence-electron chi connectivity index (χ4n) is 6.02. The summed E-state index contributed by atoms with van der Waals surface area (Å²) in [5.41, 5.74) is 1.34. The summed E-state index contributed by atoms with van der Waals surface area (Å²) in [6.07, 6.45) is 7.18. The Kier molecular flexibility index (Phi) is 6.11. The van der Waals surface area contributed by atoms with Gasteiger partial charge in [-0.2, -0.15) is 0 Å². The minimum Gasteiger partial charge on any atom is -0.480 e. The van der Waals surface area contributed by atoms with Crippen molar-refractivity contribution in [2.75, 3.05) is 0 Å². The molecule has 2 unspecified atom stereocenters. The molecule has 1 saturated heterocycles. The molecule has 6 heteroatoms. The smallest absolute Gasteiger partial charge is 0.326 e. The molecule has 162 valence electrons. The van der Waals surface area contributed by atoms with Crippen LogP contribution < -0.4 is 5.32 Å². The van der Waals surface area contributed by atoms with Crippen LogP contribution in [-0.4, -0.2) is 45.9 Å². The number of aliphatic carboxylic acids is 1. The van der Waals surface area contributed by atoms with Gasteiger partial charge in [-0.3, -0.25) is 9.59 Å². The maximum atomic E-state index is 13.3. The highest BCUT2D eigenvalue weighted by Gasteiger charge is 2.52. The standard InChI is InChI=1S/C23H36N2O4/c1-13(2)17-7-6-15(4)23(11-10-14(3)12-23)20(17)24-21(27)16(5)25-18(22(28)29)8-9-19(25)26/h12-13,15-18,20H,6-11H2,1-5H3,(H,24,27)(H,28,29)/t15-,16?,17+,18?,20-,23-/m1/s1. The Morgan fingerprint density at radius 3 is 2.45 bits per heavy atom. The minimum atomic E-state index is -1.03. The van der Waals surface area contributed by atoms with E-state index in [0.717, 1.165) is 25.7 Å². The topological polar surface area (TPSA) is 86.7 Å². The number of allylic oxidation sites excluding steroid dienone is 1. The third kappa shape index (κ3) is 3.82. The number of carbonyl (C=O) groups is 3. The molecule has 3 rings (SSSR count). The van der Waals surface area contributed by atoms with E-state index in [0.29, 0.717) is 17.8 Å². The van der Waals surface area contributed by atoms with Crippen LogP contribution in [0.1, 0.15) is 73.1 Å². The van der Waals surface area contributed by atoms with Crippen molar-refractivity contribution in [2.24, 2.45) is 23.2 Å². The van der Waals surface area contributed by atoms with Crippen LogP contribution in [0.25, 0.3) is 0 Å². The zero-order valence-electron chi connectivity index (χ0n) is 18.4. The van der Waals surface area contributed by atoms with Gasteiger partial charge < -0.3 is 15.3 Å². The van der Waals surface area contributed by atoms with Gasteiger partial charge in [-0.25, -0.2) is 4.79 Å². The third-order valence-corrected chi connectivity index (χ3v) is 7.82. The number of nitrogens with zero attached hydrogens (tertiary/aromatic N) is 1. The molecule has 1 heterocycles. The van der Waals surface area contributed by atoms with Gasteiger partial charge in [0, 0.05) is 17.9 Å². The molecule has 2 fully saturated rings. The van der Waals surface area contributed by atoms with E-state index in [4.69, 9.17) is 0 Å². The molecule has 3 aliphatic rings. The molecular formula is C23H36N2O4. The van der Waals surface area contributed by atoms with Crippen molar-refractivity contribution in [2.45, 2.75) is 91.3 Å². The van der Waals surface area contributed by atoms with E-state index >= 15 is 0 Å². The van der Waals surface area contributed by atoms with Crippen LogP contribution in [0.2, 0.25) is 0 Å². The van der Waals surface area contributed by atoms with Crippen molar-refractivity contribution >= 4 is 17.8 Å². The highest BCUT2D eigenvalue weighted by Crippen LogP contribution is 2.53. The van der Waals surface area contributed by atoms with Crippen LogP contribution in [0.3, 0.4) is 0 Å². The molecule has 0 aromatic heterocycles. The predicted molar refractivity (Wildman–Crippen MR) is 111 cm³/mol. The largest absolute Gasteiger partial charge is 0.480 e. The second-order valence-electron chi connectivity index (χ2n) is 9.85. The lowest BCUT2D eigenvalue weighted by atomic mass is 9.58. The Labute approximate surface area is 174 Å². The van der Waals surface area contributed by atoms with Crippen molar-refractivity contribution < 1.29 is 19.5 Å². The van der Waals surface area contributed by atoms with Gasteiger partial charge in [0.2, 0.25) is 11.8 Å². The molecule has 1 aliphatic heterocycles. The van der Waals surface area contributed by atoms with E-state index in [1.54, 1.807) is 6.92 Å². The number of amides is 2. The molecule has 1 spiro atoms. The normalized spacial score (nSPS) is 35.9. The Bertz CT molecular complexity index is 716. The SMILES string of the molecule is CC1=C[C@]2(CC1)[C@H](C)CC[C@@H](C(C)C)[C@H]2NC(=O)C(C)N1C(=O)CCC1C(=O)O. The Morgan fingerprint density at radius 1 is 1.21 bits per heavy atom. The summed E-state index contributed by atoms with van der Waals surface area (Å²) < 4.78 is 0. The van der Waals surface area contributed by atoms with Crippen LogP contribution in [0.5, 0.6) is 0 Å². The molecule has 0 radical (unpaired) electrons. The highest BCUT2D eigenvalue weighted by atomic mass is 16.4. The molecule has 2 amide bonds. The van der Waals surface area contributed by atoms with Gasteiger partial charge in [-0.15, -0.1) is 0 Å². The van der Waals surface area contributed by atoms with Gasteiger partial charge in [0.15, 0.2) is 0 Å². The first-order valence-corrected chi connectivity index (χ1v) is 11.1. The van der Waals surface area contributed by atoms with E-state index in [2.05, 4.69) is 39.1 Å². The third-order valence-electron chi connectivity index (χ3n) is 7.82. The van der Waals surface area contributed by atoms with Gasteiger partial charge >= 0.3 is 5.97 Å². The van der Waals surface area contributed by atoms with Crippen LogP contribution in [-0.2, 0) is 14.4 Å². The number of hydrogen-bond donors (Lipinski definition) is 2. The lowest BCUT2D eigenvalue weighted by molar-refractivity contribution is -0.150. The van der Waals surface area contributed by atoms with E-state index < -0.39 is 18.1 Å². The average Bonchev–Trinajstić information content (AvgIpc) is 3.22. The zero-order chi connectivity index (χ0) is 21.5. The zero-order valence-corrected chi connectivity index (χ0v) is 18.4. The van der Waals surface area contributed by atoms with Crippen molar-refractivity contribution in [3.05, 3.63) is 11.6 Å². The quantitative estimate of drug-likeness (QED) is 0.688. The summed E-state index contributed by atoms with van der Waals surface area (Å²) in [4.78, 5) is 38.4. The maximum absolute atomic E-state index is 13.3. The van der Waals surface area contributed by atoms with Crippen LogP contribution >= 0.6 is 0 Å². The molecular weight excluding hydrogens is 368 g/mol. The van der Waals surface area contributed by atoms with Gasteiger partial charge in [0.25, 0.3) is 0 Å². The predicted octanol–water partition coefficient (Wildman–Crippen LogP) is 3.36. The van der Waals surface area contributed by atoms with Crippen molar-refractivity contribution in [1.29, 1.82) is 0 Å². The number of rotatable bonds is 5. The summed E-state index contributed by atoms with van der Waals surface area (Å²) in [5.74, 6) is -0.218. The van der Waals surface area contributed by atoms with Gasteiger partial charge in [0.1, 0.15) is 12.1 Å². The number of carbonyl (C=O) groups excluding carboxylic acids is 2. The van der Waals surface area contributed by atoms with Crippen molar-refractivity contribution in [1.82, 2.24) is 10.2 Å². The summed E-state index contributed by atoms with van der Waals surface area (Å²) in [5, 5.41) is 12.8. The molecule has 2 N–H and O–H groups in total. The molecule has 0 bridgehead atoms. The van der Waals surface area contributed by atoms with E-state index in [1.807, 2.05) is 0 Å². The number of likely N-dealkylation sites (tertiary alicyclic amines) is 1. The van der Waals surface area contributed by atoms with Crippen LogP contribution in [0.15, 0.2) is 11.6 Å². The summed E-state index contributed by atoms with van der Waals surface area (Å²) in [6, 6.07) is -1.67. The summed E-state index contributed by atoms with van der Waals surface area (Å²) >= 11 is 0. The molecule has 0 aromatic carbocycles. The number of carboxylic acids is 1. The Hall–Kier alpha value is -1.85. The first-order chi connectivity index (χ1) is 13.6. The summed E-state index contributed by atoms with van der Waals surface area (Å²) in [7, 11) is 0. The van der Waals surface area contributed by atoms with Gasteiger partial charge in [0.05, 0.1) is 0 Å². The molecule has 6 nitrogen and oxygen atoms in total. The second kappa shape index (κ2) is 8.11. The molecule has 29 heavy (non-hydrogen) atoms. The number of nitrogens with one attached hydrogen (secondary N) is 1. The lowest BCUT2D eigenvalue weighted by Gasteiger charge is -2.51. The molecule has 0 aromatic rings. The number of hydrogen-bond acceptors (Lipinski definition) is 3. The fraction of sp³-hybridized carbons (Fsp3) is 0.783. The minimum absolute atomic E-state index is 0.0135. The lowest BCUT2D eigenvalue weighted by Crippen LogP contribution is -2.60. The molecule has 6 atom stereocenters. The van der Waals surface area contributed by atoms with Gasteiger partial charge in [-0.1, -0.05) is 32.4 Å².